The number of nitrogens with one attached hydrogen (secondary N) is 1. The molecule has 0 saturated carbocycles. The SMILES string of the molecule is N#CN1N=C(c2ccco2)C(C(F)(F)F)=NN1. The van der Waals surface area contributed by atoms with Crippen molar-refractivity contribution in [3.05, 3.63) is 24.2 Å². The molecular formula is C8H4F3N5O. The quantitative estimate of drug-likeness (QED) is 0.752. The molecule has 0 unspecified atom stereocenters. The summed E-state index contributed by atoms with van der Waals surface area (Å²) in [5, 5.41) is 15.5. The molecule has 1 aromatic heterocycles. The van der Waals surface area contributed by atoms with E-state index >= 15 is 0 Å². The van der Waals surface area contributed by atoms with Gasteiger partial charge in [0.15, 0.2) is 17.2 Å². The van der Waals surface area contributed by atoms with Crippen LogP contribution in [0, 0.1) is 11.5 Å². The van der Waals surface area contributed by atoms with Crippen LogP contribution in [0.15, 0.2) is 33.0 Å². The molecule has 2 rings (SSSR count). The molecule has 17 heavy (non-hydrogen) atoms. The molecule has 0 atom stereocenters. The Hall–Kier alpha value is -2.50. The van der Waals surface area contributed by atoms with E-state index in [1.807, 2.05) is 5.53 Å². The number of nitriles is 1. The van der Waals surface area contributed by atoms with E-state index in [9.17, 15) is 13.2 Å². The fourth-order valence-electron chi connectivity index (χ4n) is 1.14. The molecule has 1 aliphatic rings. The Morgan fingerprint density at radius 2 is 2.24 bits per heavy atom. The lowest BCUT2D eigenvalue weighted by atomic mass is 10.2. The Morgan fingerprint density at radius 3 is 2.76 bits per heavy atom. The summed E-state index contributed by atoms with van der Waals surface area (Å²) in [4.78, 5) is 0. The Bertz CT molecular complexity index is 510. The van der Waals surface area contributed by atoms with Gasteiger partial charge in [-0.25, -0.2) is 0 Å². The summed E-state index contributed by atoms with van der Waals surface area (Å²) in [5.74, 6) is -0.122. The lowest BCUT2D eigenvalue weighted by Crippen LogP contribution is -2.42. The number of hydrogen-bond donors (Lipinski definition) is 1. The average molecular weight is 243 g/mol. The summed E-state index contributed by atoms with van der Waals surface area (Å²) in [6, 6.07) is 2.70. The molecule has 88 valence electrons. The van der Waals surface area contributed by atoms with Crippen LogP contribution in [-0.2, 0) is 0 Å². The molecule has 0 bridgehead atoms. The van der Waals surface area contributed by atoms with Gasteiger partial charge < -0.3 is 4.42 Å². The van der Waals surface area contributed by atoms with E-state index in [-0.39, 0.29) is 5.76 Å². The lowest BCUT2D eigenvalue weighted by Gasteiger charge is -2.19. The Balaban J connectivity index is 2.45. The number of nitrogens with zero attached hydrogens (tertiary/aromatic N) is 4. The standard InChI is InChI=1S/C8H4F3N5O/c9-8(10,11)7-6(5-2-1-3-17-5)14-16(4-12)15-13-7/h1-3,15H. The minimum atomic E-state index is -4.69. The lowest BCUT2D eigenvalue weighted by molar-refractivity contribution is -0.0579. The second-order valence-electron chi connectivity index (χ2n) is 2.90. The van der Waals surface area contributed by atoms with E-state index in [0.29, 0.717) is 5.12 Å². The molecule has 9 heteroatoms. The highest BCUT2D eigenvalue weighted by molar-refractivity contribution is 6.49. The molecule has 1 aliphatic heterocycles. The van der Waals surface area contributed by atoms with E-state index in [1.54, 1.807) is 0 Å². The summed E-state index contributed by atoms with van der Waals surface area (Å²) in [6.45, 7) is 0. The molecule has 0 radical (unpaired) electrons. The second kappa shape index (κ2) is 3.82. The van der Waals surface area contributed by atoms with Crippen molar-refractivity contribution >= 4 is 11.4 Å². The molecule has 2 heterocycles. The number of halogens is 3. The first-order valence-corrected chi connectivity index (χ1v) is 4.25. The molecule has 0 amide bonds. The maximum absolute atomic E-state index is 12.6. The predicted molar refractivity (Wildman–Crippen MR) is 49.3 cm³/mol. The Kier molecular flexibility index (Phi) is 2.47. The zero-order valence-corrected chi connectivity index (χ0v) is 8.06. The van der Waals surface area contributed by atoms with Gasteiger partial charge >= 0.3 is 6.18 Å². The minimum Gasteiger partial charge on any atom is -0.463 e. The average Bonchev–Trinajstić information content (AvgIpc) is 2.80. The van der Waals surface area contributed by atoms with Gasteiger partial charge in [0.05, 0.1) is 6.26 Å². The maximum Gasteiger partial charge on any atom is 0.437 e. The van der Waals surface area contributed by atoms with Crippen LogP contribution in [0.4, 0.5) is 13.2 Å². The van der Waals surface area contributed by atoms with Crippen LogP contribution in [-0.4, -0.2) is 22.7 Å². The normalized spacial score (nSPS) is 15.8. The van der Waals surface area contributed by atoms with E-state index < -0.39 is 17.6 Å². The highest BCUT2D eigenvalue weighted by atomic mass is 19.4. The molecular weight excluding hydrogens is 239 g/mol. The van der Waals surface area contributed by atoms with Crippen molar-refractivity contribution in [3.63, 3.8) is 0 Å². The summed E-state index contributed by atoms with van der Waals surface area (Å²) in [7, 11) is 0. The molecule has 6 nitrogen and oxygen atoms in total. The van der Waals surface area contributed by atoms with Crippen LogP contribution < -0.4 is 5.53 Å². The van der Waals surface area contributed by atoms with E-state index in [0.717, 1.165) is 0 Å². The van der Waals surface area contributed by atoms with Crippen LogP contribution in [0.5, 0.6) is 0 Å². The maximum atomic E-state index is 12.6. The smallest absolute Gasteiger partial charge is 0.437 e. The highest BCUT2D eigenvalue weighted by Crippen LogP contribution is 2.22. The second-order valence-corrected chi connectivity index (χ2v) is 2.90. The van der Waals surface area contributed by atoms with Gasteiger partial charge in [0.1, 0.15) is 0 Å². The van der Waals surface area contributed by atoms with Crippen LogP contribution in [0.3, 0.4) is 0 Å². The monoisotopic (exact) mass is 243 g/mol. The van der Waals surface area contributed by atoms with Gasteiger partial charge in [0.25, 0.3) is 0 Å². The van der Waals surface area contributed by atoms with Crippen LogP contribution >= 0.6 is 0 Å². The third kappa shape index (κ3) is 2.05. The predicted octanol–water partition coefficient (Wildman–Crippen LogP) is 1.20. The number of furan rings is 1. The summed E-state index contributed by atoms with van der Waals surface area (Å²) in [6.07, 6.45) is -2.01. The van der Waals surface area contributed by atoms with Gasteiger partial charge in [-0.05, 0) is 12.1 Å². The molecule has 0 fully saturated rings. The summed E-state index contributed by atoms with van der Waals surface area (Å²) >= 11 is 0. The summed E-state index contributed by atoms with van der Waals surface area (Å²) < 4.78 is 42.7. The van der Waals surface area contributed by atoms with Crippen molar-refractivity contribution in [2.45, 2.75) is 6.18 Å². The third-order valence-electron chi connectivity index (χ3n) is 1.80. The zero-order chi connectivity index (χ0) is 12.5. The van der Waals surface area contributed by atoms with Crippen molar-refractivity contribution in [2.24, 2.45) is 10.2 Å². The van der Waals surface area contributed by atoms with Crippen LogP contribution in [0.2, 0.25) is 0 Å². The fraction of sp³-hybridized carbons (Fsp3) is 0.125. The van der Waals surface area contributed by atoms with Crippen molar-refractivity contribution in [2.75, 3.05) is 0 Å². The first-order valence-electron chi connectivity index (χ1n) is 4.25. The Labute approximate surface area is 92.6 Å². The van der Waals surface area contributed by atoms with Gasteiger partial charge in [0, 0.05) is 0 Å². The van der Waals surface area contributed by atoms with Gasteiger partial charge in [0.2, 0.25) is 6.19 Å². The van der Waals surface area contributed by atoms with E-state index in [1.165, 1.54) is 24.6 Å². The largest absolute Gasteiger partial charge is 0.463 e. The Morgan fingerprint density at radius 1 is 1.47 bits per heavy atom. The van der Waals surface area contributed by atoms with Gasteiger partial charge in [-0.15, -0.1) is 5.10 Å². The molecule has 1 aromatic rings. The molecule has 0 saturated heterocycles. The highest BCUT2D eigenvalue weighted by Gasteiger charge is 2.43. The number of rotatable bonds is 1. The van der Waals surface area contributed by atoms with E-state index in [2.05, 4.69) is 10.2 Å². The summed E-state index contributed by atoms with van der Waals surface area (Å²) in [5.41, 5.74) is 0.0244. The molecule has 0 aliphatic carbocycles. The zero-order valence-electron chi connectivity index (χ0n) is 8.06. The first kappa shape index (κ1) is 11.0. The van der Waals surface area contributed by atoms with Crippen LogP contribution in [0.1, 0.15) is 5.76 Å². The van der Waals surface area contributed by atoms with Crippen molar-refractivity contribution in [1.29, 1.82) is 5.26 Å². The van der Waals surface area contributed by atoms with Gasteiger partial charge in [-0.1, -0.05) is 5.12 Å². The molecule has 1 N–H and O–H groups in total. The molecule has 0 aromatic carbocycles. The number of alkyl halides is 3. The van der Waals surface area contributed by atoms with Crippen molar-refractivity contribution in [1.82, 2.24) is 10.7 Å². The number of hydrazone groups is 2. The van der Waals surface area contributed by atoms with Gasteiger partial charge in [-0.2, -0.15) is 29.1 Å². The fourth-order valence-corrected chi connectivity index (χ4v) is 1.14. The van der Waals surface area contributed by atoms with Crippen LogP contribution in [0.25, 0.3) is 0 Å². The van der Waals surface area contributed by atoms with Gasteiger partial charge in [-0.3, -0.25) is 0 Å². The third-order valence-corrected chi connectivity index (χ3v) is 1.80. The van der Waals surface area contributed by atoms with Crippen molar-refractivity contribution in [3.8, 4) is 6.19 Å². The number of hydrogen-bond acceptors (Lipinski definition) is 6. The topological polar surface area (TPSA) is 76.9 Å². The van der Waals surface area contributed by atoms with E-state index in [4.69, 9.17) is 9.68 Å². The minimum absolute atomic E-state index is 0.122. The van der Waals surface area contributed by atoms with Crippen molar-refractivity contribution < 1.29 is 17.6 Å². The first-order chi connectivity index (χ1) is 8.02. The molecule has 0 spiro atoms. The number of hydrazine groups is 1.